The van der Waals surface area contributed by atoms with Gasteiger partial charge in [0.15, 0.2) is 0 Å². The summed E-state index contributed by atoms with van der Waals surface area (Å²) in [4.78, 5) is 12.7. The molecule has 0 bridgehead atoms. The molecule has 0 aliphatic heterocycles. The summed E-state index contributed by atoms with van der Waals surface area (Å²) in [5.74, 6) is -0.420. The van der Waals surface area contributed by atoms with Crippen molar-refractivity contribution in [3.63, 3.8) is 0 Å². The predicted molar refractivity (Wildman–Crippen MR) is 122 cm³/mol. The number of rotatable bonds is 6. The Kier molecular flexibility index (Phi) is 6.42. The first-order valence-corrected chi connectivity index (χ1v) is 11.2. The molecule has 0 heterocycles. The Labute approximate surface area is 182 Å². The Bertz CT molecular complexity index is 1270. The van der Waals surface area contributed by atoms with E-state index in [1.807, 2.05) is 19.9 Å². The first-order valence-electron chi connectivity index (χ1n) is 9.68. The van der Waals surface area contributed by atoms with Gasteiger partial charge in [-0.1, -0.05) is 30.3 Å². The van der Waals surface area contributed by atoms with Crippen molar-refractivity contribution in [2.75, 3.05) is 10.0 Å². The molecular weight excluding hydrogens is 410 g/mol. The number of amides is 1. The molecule has 31 heavy (non-hydrogen) atoms. The number of carbonyl (C=O) groups excluding carboxylic acids is 1. The average Bonchev–Trinajstić information content (AvgIpc) is 2.73. The van der Waals surface area contributed by atoms with Gasteiger partial charge in [-0.25, -0.2) is 8.42 Å². The van der Waals surface area contributed by atoms with E-state index in [1.165, 1.54) is 6.07 Å². The molecule has 0 unspecified atom stereocenters. The van der Waals surface area contributed by atoms with Crippen LogP contribution in [0.25, 0.3) is 0 Å². The normalized spacial score (nSPS) is 10.9. The number of nitrogens with one attached hydrogen (secondary N) is 2. The minimum absolute atomic E-state index is 0.0467. The molecule has 0 saturated heterocycles. The highest BCUT2D eigenvalue weighted by Crippen LogP contribution is 2.25. The van der Waals surface area contributed by atoms with Crippen LogP contribution in [0.5, 0.6) is 0 Å². The van der Waals surface area contributed by atoms with Gasteiger partial charge in [-0.15, -0.1) is 0 Å². The monoisotopic (exact) mass is 433 g/mol. The number of benzene rings is 3. The number of nitriles is 1. The summed E-state index contributed by atoms with van der Waals surface area (Å²) < 4.78 is 28.7. The fourth-order valence-corrected chi connectivity index (χ4v) is 4.49. The van der Waals surface area contributed by atoms with Crippen LogP contribution >= 0.6 is 0 Å². The van der Waals surface area contributed by atoms with E-state index in [2.05, 4.69) is 16.1 Å². The standard InChI is InChI=1S/C24H23N3O3S/c1-16-5-4-6-22(18(16)3)27-31(29,30)23-15-20(10-7-17(23)2)24(28)26-21-11-8-19(9-12-21)13-14-25/h4-12,15,27H,13H2,1-3H3,(H,26,28). The van der Waals surface area contributed by atoms with E-state index in [0.717, 1.165) is 16.7 Å². The maximum atomic E-state index is 13.0. The Morgan fingerprint density at radius 1 is 0.968 bits per heavy atom. The number of hydrogen-bond acceptors (Lipinski definition) is 4. The van der Waals surface area contributed by atoms with Gasteiger partial charge in [-0.2, -0.15) is 5.26 Å². The maximum absolute atomic E-state index is 13.0. The fraction of sp³-hybridized carbons (Fsp3) is 0.167. The van der Waals surface area contributed by atoms with Crippen molar-refractivity contribution >= 4 is 27.3 Å². The van der Waals surface area contributed by atoms with Gasteiger partial charge in [0, 0.05) is 11.3 Å². The minimum Gasteiger partial charge on any atom is -0.322 e. The molecule has 0 aliphatic rings. The van der Waals surface area contributed by atoms with Crippen molar-refractivity contribution in [2.45, 2.75) is 32.1 Å². The molecule has 3 aromatic carbocycles. The molecule has 7 heteroatoms. The quantitative estimate of drug-likeness (QED) is 0.587. The summed E-state index contributed by atoms with van der Waals surface area (Å²) >= 11 is 0. The van der Waals surface area contributed by atoms with E-state index >= 15 is 0 Å². The van der Waals surface area contributed by atoms with Crippen LogP contribution in [0.15, 0.2) is 65.6 Å². The van der Waals surface area contributed by atoms with Gasteiger partial charge in [0.05, 0.1) is 23.1 Å². The van der Waals surface area contributed by atoms with E-state index in [1.54, 1.807) is 55.5 Å². The third-order valence-electron chi connectivity index (χ3n) is 5.08. The van der Waals surface area contributed by atoms with E-state index in [4.69, 9.17) is 5.26 Å². The van der Waals surface area contributed by atoms with Crippen molar-refractivity contribution in [3.05, 3.63) is 88.5 Å². The van der Waals surface area contributed by atoms with Crippen LogP contribution < -0.4 is 10.0 Å². The molecule has 0 radical (unpaired) electrons. The summed E-state index contributed by atoms with van der Waals surface area (Å²) in [6, 6.07) is 19.0. The lowest BCUT2D eigenvalue weighted by Crippen LogP contribution is -2.17. The van der Waals surface area contributed by atoms with Crippen LogP contribution in [-0.4, -0.2) is 14.3 Å². The lowest BCUT2D eigenvalue weighted by molar-refractivity contribution is 0.102. The average molecular weight is 434 g/mol. The molecule has 0 saturated carbocycles. The Morgan fingerprint density at radius 2 is 1.68 bits per heavy atom. The highest BCUT2D eigenvalue weighted by molar-refractivity contribution is 7.92. The molecule has 0 atom stereocenters. The topological polar surface area (TPSA) is 99.1 Å². The molecule has 0 fully saturated rings. The number of nitrogens with zero attached hydrogens (tertiary/aromatic N) is 1. The van der Waals surface area contributed by atoms with Gasteiger partial charge in [0.1, 0.15) is 0 Å². The molecule has 158 valence electrons. The lowest BCUT2D eigenvalue weighted by atomic mass is 10.1. The number of anilines is 2. The largest absolute Gasteiger partial charge is 0.322 e. The van der Waals surface area contributed by atoms with Crippen LogP contribution in [0.3, 0.4) is 0 Å². The first-order chi connectivity index (χ1) is 14.7. The van der Waals surface area contributed by atoms with Crippen LogP contribution in [0.1, 0.15) is 32.6 Å². The van der Waals surface area contributed by atoms with Crippen molar-refractivity contribution in [1.82, 2.24) is 0 Å². The molecule has 3 rings (SSSR count). The molecular formula is C24H23N3O3S. The Morgan fingerprint density at radius 3 is 2.35 bits per heavy atom. The number of hydrogen-bond donors (Lipinski definition) is 2. The molecule has 3 aromatic rings. The summed E-state index contributed by atoms with van der Waals surface area (Å²) in [7, 11) is -3.88. The summed E-state index contributed by atoms with van der Waals surface area (Å²) in [5.41, 5.74) is 4.50. The van der Waals surface area contributed by atoms with Crippen molar-refractivity contribution < 1.29 is 13.2 Å². The highest BCUT2D eigenvalue weighted by atomic mass is 32.2. The van der Waals surface area contributed by atoms with Crippen molar-refractivity contribution in [2.24, 2.45) is 0 Å². The first kappa shape index (κ1) is 22.1. The number of aryl methyl sites for hydroxylation is 2. The Balaban J connectivity index is 1.86. The zero-order valence-corrected chi connectivity index (χ0v) is 18.4. The summed E-state index contributed by atoms with van der Waals surface area (Å²) in [6.07, 6.45) is 0.292. The van der Waals surface area contributed by atoms with Gasteiger partial charge in [-0.3, -0.25) is 9.52 Å². The number of carbonyl (C=O) groups is 1. The van der Waals surface area contributed by atoms with Gasteiger partial charge in [-0.05, 0) is 73.4 Å². The van der Waals surface area contributed by atoms with E-state index in [0.29, 0.717) is 23.4 Å². The van der Waals surface area contributed by atoms with Crippen LogP contribution in [0, 0.1) is 32.1 Å². The zero-order valence-electron chi connectivity index (χ0n) is 17.6. The van der Waals surface area contributed by atoms with E-state index < -0.39 is 15.9 Å². The van der Waals surface area contributed by atoms with Crippen LogP contribution in [0.4, 0.5) is 11.4 Å². The molecule has 0 aliphatic carbocycles. The highest BCUT2D eigenvalue weighted by Gasteiger charge is 2.20. The van der Waals surface area contributed by atoms with Crippen molar-refractivity contribution in [3.8, 4) is 6.07 Å². The van der Waals surface area contributed by atoms with Gasteiger partial charge < -0.3 is 5.32 Å². The third kappa shape index (κ3) is 5.11. The molecule has 0 spiro atoms. The Hall–Kier alpha value is -3.63. The second kappa shape index (κ2) is 9.02. The smallest absolute Gasteiger partial charge is 0.262 e. The predicted octanol–water partition coefficient (Wildman–Crippen LogP) is 4.73. The fourth-order valence-electron chi connectivity index (χ4n) is 3.09. The second-order valence-corrected chi connectivity index (χ2v) is 8.97. The molecule has 6 nitrogen and oxygen atoms in total. The molecule has 1 amide bonds. The van der Waals surface area contributed by atoms with E-state index in [9.17, 15) is 13.2 Å². The van der Waals surface area contributed by atoms with Gasteiger partial charge in [0.25, 0.3) is 15.9 Å². The van der Waals surface area contributed by atoms with Gasteiger partial charge >= 0.3 is 0 Å². The van der Waals surface area contributed by atoms with Crippen LogP contribution in [0.2, 0.25) is 0 Å². The minimum atomic E-state index is -3.88. The lowest BCUT2D eigenvalue weighted by Gasteiger charge is -2.14. The molecule has 2 N–H and O–H groups in total. The SMILES string of the molecule is Cc1ccc(C(=O)Nc2ccc(CC#N)cc2)cc1S(=O)(=O)Nc1cccc(C)c1C. The second-order valence-electron chi connectivity index (χ2n) is 7.32. The molecule has 0 aromatic heterocycles. The van der Waals surface area contributed by atoms with Crippen LogP contribution in [-0.2, 0) is 16.4 Å². The maximum Gasteiger partial charge on any atom is 0.262 e. The van der Waals surface area contributed by atoms with E-state index in [-0.39, 0.29) is 10.5 Å². The van der Waals surface area contributed by atoms with Crippen molar-refractivity contribution in [1.29, 1.82) is 5.26 Å². The van der Waals surface area contributed by atoms with Gasteiger partial charge in [0.2, 0.25) is 0 Å². The summed E-state index contributed by atoms with van der Waals surface area (Å²) in [5, 5.41) is 11.5. The zero-order chi connectivity index (χ0) is 22.6. The third-order valence-corrected chi connectivity index (χ3v) is 6.59. The number of sulfonamides is 1. The summed E-state index contributed by atoms with van der Waals surface area (Å²) in [6.45, 7) is 5.45.